The Bertz CT molecular complexity index is 1730. The number of hydrogen-bond donors (Lipinski definition) is 2. The summed E-state index contributed by atoms with van der Waals surface area (Å²) in [5, 5.41) is 7.19. The molecular formula is C27H30FN9O3S. The molecule has 0 radical (unpaired) electrons. The number of carbonyl (C=O) groups is 1. The average Bonchev–Trinajstić information content (AvgIpc) is 3.72. The van der Waals surface area contributed by atoms with E-state index >= 15 is 0 Å². The number of rotatable bonds is 9. The lowest BCUT2D eigenvalue weighted by molar-refractivity contribution is 0.0955. The standard InChI is InChI=1S/C27H30FN9O3S/c1-41(39)14-6-30-26(38)18-4-5-21(19(28)15-18)35-10-7-34(8-11-35)9-12-36-17-31-24-22-16-20(23-3-2-13-40-23)33-37(22)27(29)32-25(24)36/h2-5,13,15-17H,6-12,14H2,1H3,(H2,29,32)(H,30,38)/t41-/m0/s1. The Balaban J connectivity index is 1.07. The van der Waals surface area contributed by atoms with Crippen LogP contribution in [0.4, 0.5) is 16.0 Å². The molecule has 6 rings (SSSR count). The molecule has 1 aliphatic heterocycles. The SMILES string of the molecule is C[S@](=O)CCNC(=O)c1ccc(N2CCN(CCn3cnc4c3nc(N)n3nc(-c5ccco5)cc43)CC2)c(F)c1. The predicted octanol–water partition coefficient (Wildman–Crippen LogP) is 1.99. The van der Waals surface area contributed by atoms with Gasteiger partial charge in [0.1, 0.15) is 22.5 Å². The lowest BCUT2D eigenvalue weighted by Gasteiger charge is -2.36. The third kappa shape index (κ3) is 5.52. The molecule has 0 spiro atoms. The Kier molecular flexibility index (Phi) is 7.41. The summed E-state index contributed by atoms with van der Waals surface area (Å²) in [5.41, 5.74) is 9.78. The van der Waals surface area contributed by atoms with Gasteiger partial charge in [-0.2, -0.15) is 14.6 Å². The van der Waals surface area contributed by atoms with Crippen molar-refractivity contribution in [2.24, 2.45) is 0 Å². The van der Waals surface area contributed by atoms with Crippen LogP contribution in [0.15, 0.2) is 53.4 Å². The number of carbonyl (C=O) groups excluding carboxylic acids is 1. The van der Waals surface area contributed by atoms with Gasteiger partial charge in [-0.1, -0.05) is 0 Å². The Hall–Kier alpha value is -4.30. The largest absolute Gasteiger partial charge is 0.463 e. The summed E-state index contributed by atoms with van der Waals surface area (Å²) in [6.45, 7) is 4.57. The number of hydrogen-bond acceptors (Lipinski definition) is 9. The molecule has 1 fully saturated rings. The third-order valence-corrected chi connectivity index (χ3v) is 8.01. The minimum atomic E-state index is -0.998. The van der Waals surface area contributed by atoms with E-state index in [1.54, 1.807) is 41.6 Å². The number of nitrogens with two attached hydrogens (primary N) is 1. The van der Waals surface area contributed by atoms with Gasteiger partial charge in [0, 0.05) is 74.2 Å². The molecule has 4 aromatic heterocycles. The van der Waals surface area contributed by atoms with Crippen LogP contribution in [0.2, 0.25) is 0 Å². The zero-order valence-corrected chi connectivity index (χ0v) is 23.3. The number of nitrogens with zero attached hydrogens (tertiary/aromatic N) is 7. The van der Waals surface area contributed by atoms with Crippen molar-refractivity contribution in [1.82, 2.24) is 34.4 Å². The summed E-state index contributed by atoms with van der Waals surface area (Å²) >= 11 is 0. The Morgan fingerprint density at radius 2 is 2.00 bits per heavy atom. The van der Waals surface area contributed by atoms with E-state index in [1.165, 1.54) is 6.07 Å². The molecule has 0 unspecified atom stereocenters. The predicted molar refractivity (Wildman–Crippen MR) is 155 cm³/mol. The Morgan fingerprint density at radius 3 is 2.73 bits per heavy atom. The minimum Gasteiger partial charge on any atom is -0.463 e. The fourth-order valence-corrected chi connectivity index (χ4v) is 5.43. The van der Waals surface area contributed by atoms with Crippen LogP contribution in [0.1, 0.15) is 10.4 Å². The highest BCUT2D eigenvalue weighted by atomic mass is 32.2. The van der Waals surface area contributed by atoms with E-state index in [0.717, 1.165) is 25.2 Å². The highest BCUT2D eigenvalue weighted by Crippen LogP contribution is 2.26. The molecule has 5 aromatic rings. The summed E-state index contributed by atoms with van der Waals surface area (Å²) in [6.07, 6.45) is 4.94. The lowest BCUT2D eigenvalue weighted by Crippen LogP contribution is -2.47. The Morgan fingerprint density at radius 1 is 1.17 bits per heavy atom. The van der Waals surface area contributed by atoms with E-state index in [0.29, 0.717) is 53.7 Å². The van der Waals surface area contributed by atoms with Crippen LogP contribution in [0.25, 0.3) is 28.1 Å². The van der Waals surface area contributed by atoms with Gasteiger partial charge in [-0.3, -0.25) is 13.9 Å². The summed E-state index contributed by atoms with van der Waals surface area (Å²) in [4.78, 5) is 25.7. The number of nitrogens with one attached hydrogen (secondary N) is 1. The first-order valence-electron chi connectivity index (χ1n) is 13.3. The molecular weight excluding hydrogens is 549 g/mol. The number of amides is 1. The van der Waals surface area contributed by atoms with Gasteiger partial charge in [0.25, 0.3) is 5.91 Å². The van der Waals surface area contributed by atoms with Gasteiger partial charge in [-0.25, -0.2) is 9.37 Å². The van der Waals surface area contributed by atoms with E-state index in [1.807, 2.05) is 21.6 Å². The highest BCUT2D eigenvalue weighted by Gasteiger charge is 2.21. The molecule has 3 N–H and O–H groups in total. The number of imidazole rings is 1. The maximum atomic E-state index is 14.9. The number of benzene rings is 1. The number of piperazine rings is 1. The lowest BCUT2D eigenvalue weighted by atomic mass is 10.1. The summed E-state index contributed by atoms with van der Waals surface area (Å²) in [7, 11) is -0.998. The van der Waals surface area contributed by atoms with E-state index < -0.39 is 16.6 Å². The molecule has 1 amide bonds. The highest BCUT2D eigenvalue weighted by molar-refractivity contribution is 7.84. The molecule has 0 aliphatic carbocycles. The van der Waals surface area contributed by atoms with Gasteiger partial charge < -0.3 is 24.9 Å². The van der Waals surface area contributed by atoms with Crippen LogP contribution in [-0.2, 0) is 17.3 Å². The number of aromatic nitrogens is 5. The normalized spacial score (nSPS) is 15.1. The van der Waals surface area contributed by atoms with E-state index in [4.69, 9.17) is 10.2 Å². The zero-order chi connectivity index (χ0) is 28.5. The van der Waals surface area contributed by atoms with Crippen molar-refractivity contribution in [3.05, 3.63) is 60.4 Å². The van der Waals surface area contributed by atoms with Crippen molar-refractivity contribution in [1.29, 1.82) is 0 Å². The van der Waals surface area contributed by atoms with E-state index in [2.05, 4.69) is 25.3 Å². The van der Waals surface area contributed by atoms with Gasteiger partial charge in [-0.05, 0) is 36.4 Å². The quantitative estimate of drug-likeness (QED) is 0.268. The summed E-state index contributed by atoms with van der Waals surface area (Å²) in [6, 6.07) is 10.1. The third-order valence-electron chi connectivity index (χ3n) is 7.23. The minimum absolute atomic E-state index is 0.249. The molecule has 41 heavy (non-hydrogen) atoms. The molecule has 5 heterocycles. The molecule has 0 bridgehead atoms. The molecule has 14 heteroatoms. The van der Waals surface area contributed by atoms with Crippen molar-refractivity contribution in [3.63, 3.8) is 0 Å². The molecule has 12 nitrogen and oxygen atoms in total. The van der Waals surface area contributed by atoms with Crippen LogP contribution in [0.5, 0.6) is 0 Å². The fourth-order valence-electron chi connectivity index (χ4n) is 5.04. The topological polar surface area (TPSA) is 140 Å². The van der Waals surface area contributed by atoms with E-state index in [-0.39, 0.29) is 24.0 Å². The molecule has 1 saturated heterocycles. The first-order chi connectivity index (χ1) is 19.9. The first kappa shape index (κ1) is 26.9. The smallest absolute Gasteiger partial charge is 0.251 e. The van der Waals surface area contributed by atoms with Gasteiger partial charge in [0.15, 0.2) is 11.4 Å². The van der Waals surface area contributed by atoms with Crippen molar-refractivity contribution in [2.45, 2.75) is 6.54 Å². The molecule has 1 aliphatic rings. The average molecular weight is 580 g/mol. The van der Waals surface area contributed by atoms with Crippen LogP contribution in [-0.4, -0.2) is 90.4 Å². The number of anilines is 2. The second-order valence-electron chi connectivity index (χ2n) is 9.91. The van der Waals surface area contributed by atoms with Gasteiger partial charge in [0.2, 0.25) is 5.95 Å². The maximum absolute atomic E-state index is 14.9. The van der Waals surface area contributed by atoms with Crippen molar-refractivity contribution in [3.8, 4) is 11.5 Å². The molecule has 1 aromatic carbocycles. The first-order valence-corrected chi connectivity index (χ1v) is 15.0. The zero-order valence-electron chi connectivity index (χ0n) is 22.5. The number of halogens is 1. The van der Waals surface area contributed by atoms with Crippen molar-refractivity contribution < 1.29 is 17.8 Å². The van der Waals surface area contributed by atoms with Gasteiger partial charge >= 0.3 is 0 Å². The number of furan rings is 1. The number of nitrogen functional groups attached to an aromatic ring is 1. The van der Waals surface area contributed by atoms with Crippen LogP contribution >= 0.6 is 0 Å². The molecule has 214 valence electrons. The second-order valence-corrected chi connectivity index (χ2v) is 11.5. The Labute approximate surface area is 237 Å². The summed E-state index contributed by atoms with van der Waals surface area (Å²) in [5.74, 6) is 0.466. The van der Waals surface area contributed by atoms with Gasteiger partial charge in [0.05, 0.1) is 18.3 Å². The van der Waals surface area contributed by atoms with Crippen LogP contribution in [0, 0.1) is 5.82 Å². The van der Waals surface area contributed by atoms with Crippen LogP contribution in [0.3, 0.4) is 0 Å². The summed E-state index contributed by atoms with van der Waals surface area (Å²) < 4.78 is 35.1. The molecule has 0 saturated carbocycles. The maximum Gasteiger partial charge on any atom is 0.251 e. The van der Waals surface area contributed by atoms with Crippen molar-refractivity contribution >= 4 is 45.0 Å². The molecule has 1 atom stereocenters. The van der Waals surface area contributed by atoms with E-state index in [9.17, 15) is 13.4 Å². The van der Waals surface area contributed by atoms with Crippen LogP contribution < -0.4 is 16.0 Å². The monoisotopic (exact) mass is 579 g/mol. The fraction of sp³-hybridized carbons (Fsp3) is 0.333. The van der Waals surface area contributed by atoms with Crippen molar-refractivity contribution in [2.75, 3.05) is 61.9 Å². The van der Waals surface area contributed by atoms with Gasteiger partial charge in [-0.15, -0.1) is 0 Å². The second kappa shape index (κ2) is 11.3. The number of fused-ring (bicyclic) bond motifs is 3.